The number of hydrogen-bond donors (Lipinski definition) is 1. The molecule has 1 saturated carbocycles. The summed E-state index contributed by atoms with van der Waals surface area (Å²) in [7, 11) is -4.03. The molecule has 40 heavy (non-hydrogen) atoms. The molecule has 0 unspecified atom stereocenters. The highest BCUT2D eigenvalue weighted by Crippen LogP contribution is 2.24. The number of para-hydroxylation sites is 1. The molecule has 3 aromatic carbocycles. The molecule has 0 spiro atoms. The first-order valence-electron chi connectivity index (χ1n) is 13.5. The second kappa shape index (κ2) is 13.1. The highest BCUT2D eigenvalue weighted by molar-refractivity contribution is 7.92. The third-order valence-corrected chi connectivity index (χ3v) is 8.33. The lowest BCUT2D eigenvalue weighted by molar-refractivity contribution is -0.140. The summed E-state index contributed by atoms with van der Waals surface area (Å²) in [6.45, 7) is 1.38. The number of carbonyl (C=O) groups excluding carboxylic acids is 2. The summed E-state index contributed by atoms with van der Waals surface area (Å²) in [5, 5.41) is 3.13. The van der Waals surface area contributed by atoms with E-state index in [1.54, 1.807) is 0 Å². The first-order chi connectivity index (χ1) is 19.1. The van der Waals surface area contributed by atoms with Crippen molar-refractivity contribution in [3.8, 4) is 0 Å². The Balaban J connectivity index is 1.73. The van der Waals surface area contributed by atoms with Crippen LogP contribution in [0.3, 0.4) is 0 Å². The maximum Gasteiger partial charge on any atom is 0.244 e. The molecule has 1 N–H and O–H groups in total. The Labute approximate surface area is 236 Å². The second-order valence-corrected chi connectivity index (χ2v) is 12.3. The summed E-state index contributed by atoms with van der Waals surface area (Å²) in [6, 6.07) is 21.6. The normalized spacial score (nSPS) is 14.5. The van der Waals surface area contributed by atoms with Gasteiger partial charge in [0.05, 0.1) is 11.9 Å². The van der Waals surface area contributed by atoms with Gasteiger partial charge in [0, 0.05) is 19.0 Å². The largest absolute Gasteiger partial charge is 0.352 e. The van der Waals surface area contributed by atoms with Crippen LogP contribution in [0, 0.1) is 12.7 Å². The molecule has 1 aliphatic carbocycles. The Morgan fingerprint density at radius 1 is 0.950 bits per heavy atom. The van der Waals surface area contributed by atoms with Crippen LogP contribution in [0.25, 0.3) is 0 Å². The van der Waals surface area contributed by atoms with Gasteiger partial charge in [0.15, 0.2) is 0 Å². The van der Waals surface area contributed by atoms with Crippen LogP contribution in [-0.2, 0) is 32.6 Å². The Morgan fingerprint density at radius 2 is 1.60 bits per heavy atom. The van der Waals surface area contributed by atoms with Gasteiger partial charge in [0.1, 0.15) is 18.4 Å². The molecule has 212 valence electrons. The number of halogens is 1. The second-order valence-electron chi connectivity index (χ2n) is 10.4. The zero-order valence-electron chi connectivity index (χ0n) is 22.9. The molecule has 0 bridgehead atoms. The van der Waals surface area contributed by atoms with E-state index in [0.717, 1.165) is 59.0 Å². The molecule has 7 nitrogen and oxygen atoms in total. The molecule has 0 radical (unpaired) electrons. The standard InChI is InChI=1S/C31H36FN3O4S/c1-23-11-10-14-25(19-23)21-34(30(36)22-35(40(2,38)39)28-18-9-8-17-27(28)32)29(20-24-12-4-3-5-13-24)31(37)33-26-15-6-7-16-26/h3-5,8-14,17-19,26,29H,6-7,15-16,20-22H2,1-2H3,(H,33,37)/t29-/m1/s1. The average molecular weight is 566 g/mol. The van der Waals surface area contributed by atoms with Crippen LogP contribution in [0.5, 0.6) is 0 Å². The van der Waals surface area contributed by atoms with Crippen molar-refractivity contribution < 1.29 is 22.4 Å². The first kappa shape index (κ1) is 29.3. The predicted octanol–water partition coefficient (Wildman–Crippen LogP) is 4.60. The lowest BCUT2D eigenvalue weighted by atomic mass is 10.0. The smallest absolute Gasteiger partial charge is 0.244 e. The molecule has 1 atom stereocenters. The van der Waals surface area contributed by atoms with Gasteiger partial charge < -0.3 is 10.2 Å². The number of rotatable bonds is 11. The molecule has 3 aromatic rings. The first-order valence-corrected chi connectivity index (χ1v) is 15.4. The number of benzene rings is 3. The van der Waals surface area contributed by atoms with Crippen molar-refractivity contribution in [1.29, 1.82) is 0 Å². The average Bonchev–Trinajstić information content (AvgIpc) is 3.43. The zero-order chi connectivity index (χ0) is 28.7. The molecule has 9 heteroatoms. The SMILES string of the molecule is Cc1cccc(CN(C(=O)CN(c2ccccc2F)S(C)(=O)=O)[C@H](Cc2ccccc2)C(=O)NC2CCCC2)c1. The third kappa shape index (κ3) is 7.69. The molecule has 0 saturated heterocycles. The van der Waals surface area contributed by atoms with Crippen LogP contribution in [0.1, 0.15) is 42.4 Å². The Hall–Kier alpha value is -3.72. The maximum absolute atomic E-state index is 14.7. The summed E-state index contributed by atoms with van der Waals surface area (Å²) in [6.07, 6.45) is 5.01. The summed E-state index contributed by atoms with van der Waals surface area (Å²) >= 11 is 0. The number of nitrogens with one attached hydrogen (secondary N) is 1. The molecule has 0 heterocycles. The maximum atomic E-state index is 14.7. The monoisotopic (exact) mass is 565 g/mol. The van der Waals surface area contributed by atoms with Crippen LogP contribution >= 0.6 is 0 Å². The van der Waals surface area contributed by atoms with Gasteiger partial charge in [-0.15, -0.1) is 0 Å². The quantitative estimate of drug-likeness (QED) is 0.368. The number of sulfonamides is 1. The lowest BCUT2D eigenvalue weighted by Crippen LogP contribution is -2.54. The van der Waals surface area contributed by atoms with Crippen LogP contribution in [0.2, 0.25) is 0 Å². The molecule has 2 amide bonds. The van der Waals surface area contributed by atoms with Crippen LogP contribution in [0.4, 0.5) is 10.1 Å². The fraction of sp³-hybridized carbons (Fsp3) is 0.355. The number of hydrogen-bond acceptors (Lipinski definition) is 4. The van der Waals surface area contributed by atoms with E-state index in [-0.39, 0.29) is 30.6 Å². The van der Waals surface area contributed by atoms with Crippen LogP contribution < -0.4 is 9.62 Å². The highest BCUT2D eigenvalue weighted by atomic mass is 32.2. The summed E-state index contributed by atoms with van der Waals surface area (Å²) in [4.78, 5) is 29.3. The number of nitrogens with zero attached hydrogens (tertiary/aromatic N) is 2. The number of anilines is 1. The van der Waals surface area contributed by atoms with E-state index in [1.807, 2.05) is 61.5 Å². The van der Waals surface area contributed by atoms with E-state index in [4.69, 9.17) is 0 Å². The van der Waals surface area contributed by atoms with E-state index < -0.39 is 34.3 Å². The van der Waals surface area contributed by atoms with Gasteiger partial charge in [-0.25, -0.2) is 12.8 Å². The number of carbonyl (C=O) groups is 2. The molecular formula is C31H36FN3O4S. The fourth-order valence-electron chi connectivity index (χ4n) is 5.18. The molecule has 0 aromatic heterocycles. The Bertz CT molecular complexity index is 1430. The molecule has 1 fully saturated rings. The van der Waals surface area contributed by atoms with Gasteiger partial charge in [-0.2, -0.15) is 0 Å². The van der Waals surface area contributed by atoms with E-state index in [0.29, 0.717) is 0 Å². The molecular weight excluding hydrogens is 529 g/mol. The van der Waals surface area contributed by atoms with E-state index in [2.05, 4.69) is 5.32 Å². The van der Waals surface area contributed by atoms with Crippen molar-refractivity contribution in [3.63, 3.8) is 0 Å². The van der Waals surface area contributed by atoms with Gasteiger partial charge in [0.25, 0.3) is 0 Å². The number of aryl methyl sites for hydroxylation is 1. The van der Waals surface area contributed by atoms with E-state index in [1.165, 1.54) is 23.1 Å². The fourth-order valence-corrected chi connectivity index (χ4v) is 6.03. The van der Waals surface area contributed by atoms with Crippen molar-refractivity contribution in [3.05, 3.63) is 101 Å². The van der Waals surface area contributed by atoms with Crippen molar-refractivity contribution in [2.75, 3.05) is 17.1 Å². The summed E-state index contributed by atoms with van der Waals surface area (Å²) < 4.78 is 41.0. The molecule has 0 aliphatic heterocycles. The summed E-state index contributed by atoms with van der Waals surface area (Å²) in [5.74, 6) is -1.64. The predicted molar refractivity (Wildman–Crippen MR) is 155 cm³/mol. The minimum atomic E-state index is -4.03. The van der Waals surface area contributed by atoms with Crippen molar-refractivity contribution in [2.24, 2.45) is 0 Å². The van der Waals surface area contributed by atoms with Crippen molar-refractivity contribution in [2.45, 2.75) is 57.7 Å². The van der Waals surface area contributed by atoms with Gasteiger partial charge in [-0.05, 0) is 43.0 Å². The number of amides is 2. The summed E-state index contributed by atoms with van der Waals surface area (Å²) in [5.41, 5.74) is 2.44. The zero-order valence-corrected chi connectivity index (χ0v) is 23.7. The lowest BCUT2D eigenvalue weighted by Gasteiger charge is -2.34. The minimum absolute atomic E-state index is 0.0348. The van der Waals surface area contributed by atoms with Crippen molar-refractivity contribution in [1.82, 2.24) is 10.2 Å². The van der Waals surface area contributed by atoms with Crippen LogP contribution in [-0.4, -0.2) is 50.0 Å². The van der Waals surface area contributed by atoms with Crippen molar-refractivity contribution >= 4 is 27.5 Å². The molecule has 4 rings (SSSR count). The topological polar surface area (TPSA) is 86.8 Å². The van der Waals surface area contributed by atoms with E-state index >= 15 is 0 Å². The minimum Gasteiger partial charge on any atom is -0.352 e. The van der Waals surface area contributed by atoms with Gasteiger partial charge in [0.2, 0.25) is 21.8 Å². The van der Waals surface area contributed by atoms with Gasteiger partial charge >= 0.3 is 0 Å². The Morgan fingerprint density at radius 3 is 2.25 bits per heavy atom. The van der Waals surface area contributed by atoms with Gasteiger partial charge in [-0.1, -0.05) is 85.1 Å². The van der Waals surface area contributed by atoms with Crippen LogP contribution in [0.15, 0.2) is 78.9 Å². The van der Waals surface area contributed by atoms with E-state index in [9.17, 15) is 22.4 Å². The Kier molecular flexibility index (Phi) is 9.58. The molecule has 1 aliphatic rings. The highest BCUT2D eigenvalue weighted by Gasteiger charge is 2.34. The van der Waals surface area contributed by atoms with Gasteiger partial charge in [-0.3, -0.25) is 13.9 Å². The third-order valence-electron chi connectivity index (χ3n) is 7.21.